The molecule has 1 aromatic rings. The average molecular weight is 352 g/mol. The van der Waals surface area contributed by atoms with Gasteiger partial charge in [0.1, 0.15) is 0 Å². The predicted octanol–water partition coefficient (Wildman–Crippen LogP) is 1.67. The molecular weight excluding hydrogens is 322 g/mol. The third-order valence-electron chi connectivity index (χ3n) is 5.15. The number of sulfonamides is 1. The summed E-state index contributed by atoms with van der Waals surface area (Å²) in [6, 6.07) is 9.78. The van der Waals surface area contributed by atoms with Crippen molar-refractivity contribution in [2.75, 3.05) is 31.9 Å². The molecule has 2 N–H and O–H groups in total. The monoisotopic (exact) mass is 351 g/mol. The van der Waals surface area contributed by atoms with Crippen molar-refractivity contribution in [1.29, 1.82) is 0 Å². The van der Waals surface area contributed by atoms with Gasteiger partial charge in [-0.2, -0.15) is 0 Å². The zero-order valence-corrected chi connectivity index (χ0v) is 15.3. The van der Waals surface area contributed by atoms with E-state index in [1.54, 1.807) is 0 Å². The molecule has 1 fully saturated rings. The van der Waals surface area contributed by atoms with Gasteiger partial charge in [0, 0.05) is 38.3 Å². The van der Waals surface area contributed by atoms with Crippen molar-refractivity contribution in [3.8, 4) is 0 Å². The fraction of sp³-hybridized carbons (Fsp3) is 0.667. The van der Waals surface area contributed by atoms with Crippen LogP contribution in [0, 0.1) is 0 Å². The molecule has 0 bridgehead atoms. The lowest BCUT2D eigenvalue weighted by Gasteiger charge is -2.43. The molecule has 1 aromatic carbocycles. The van der Waals surface area contributed by atoms with Gasteiger partial charge < -0.3 is 5.32 Å². The Bertz CT molecular complexity index is 647. The molecule has 0 saturated carbocycles. The topological polar surface area (TPSA) is 61.4 Å². The van der Waals surface area contributed by atoms with E-state index < -0.39 is 10.0 Å². The molecule has 0 aromatic heterocycles. The Hall–Kier alpha value is -0.950. The van der Waals surface area contributed by atoms with Crippen molar-refractivity contribution < 1.29 is 8.42 Å². The SMILES string of the molecule is CCCS(=O)(=O)NCCN[C@H]1CCN2CCc3ccccc3[C@H]2C1. The standard InChI is InChI=1S/C18H29N3O2S/c1-2-13-24(22,23)20-10-9-19-16-8-12-21-11-7-15-5-3-4-6-17(15)18(21)14-16/h3-6,16,18-20H,2,7-14H2,1H3/t16-,18+/m0/s1. The lowest BCUT2D eigenvalue weighted by molar-refractivity contribution is 0.116. The highest BCUT2D eigenvalue weighted by atomic mass is 32.2. The minimum absolute atomic E-state index is 0.213. The summed E-state index contributed by atoms with van der Waals surface area (Å²) in [6.07, 6.45) is 4.06. The minimum Gasteiger partial charge on any atom is -0.313 e. The predicted molar refractivity (Wildman–Crippen MR) is 97.6 cm³/mol. The third kappa shape index (κ3) is 4.36. The third-order valence-corrected chi connectivity index (χ3v) is 6.74. The van der Waals surface area contributed by atoms with Crippen LogP contribution in [0.15, 0.2) is 24.3 Å². The molecule has 0 spiro atoms. The van der Waals surface area contributed by atoms with E-state index in [1.165, 1.54) is 11.1 Å². The van der Waals surface area contributed by atoms with Crippen LogP contribution in [-0.4, -0.2) is 51.3 Å². The summed E-state index contributed by atoms with van der Waals surface area (Å²) in [4.78, 5) is 2.60. The summed E-state index contributed by atoms with van der Waals surface area (Å²) in [7, 11) is -3.09. The number of hydrogen-bond donors (Lipinski definition) is 2. The second-order valence-corrected chi connectivity index (χ2v) is 8.82. The second-order valence-electron chi connectivity index (χ2n) is 6.89. The number of fused-ring (bicyclic) bond motifs is 3. The van der Waals surface area contributed by atoms with Crippen molar-refractivity contribution in [2.24, 2.45) is 0 Å². The van der Waals surface area contributed by atoms with Crippen molar-refractivity contribution in [2.45, 2.75) is 44.7 Å². The zero-order valence-electron chi connectivity index (χ0n) is 14.5. The second kappa shape index (κ2) is 7.95. The van der Waals surface area contributed by atoms with Crippen LogP contribution in [0.25, 0.3) is 0 Å². The molecule has 6 heteroatoms. The van der Waals surface area contributed by atoms with E-state index in [-0.39, 0.29) is 5.75 Å². The first-order valence-corrected chi connectivity index (χ1v) is 10.8. The summed E-state index contributed by atoms with van der Waals surface area (Å²) < 4.78 is 26.0. The van der Waals surface area contributed by atoms with E-state index in [0.717, 1.165) is 32.4 Å². The highest BCUT2D eigenvalue weighted by molar-refractivity contribution is 7.89. The molecule has 0 radical (unpaired) electrons. The first-order chi connectivity index (χ1) is 11.6. The Morgan fingerprint density at radius 3 is 2.88 bits per heavy atom. The van der Waals surface area contributed by atoms with Crippen LogP contribution in [0.5, 0.6) is 0 Å². The van der Waals surface area contributed by atoms with Gasteiger partial charge in [-0.1, -0.05) is 31.2 Å². The Morgan fingerprint density at radius 2 is 2.04 bits per heavy atom. The van der Waals surface area contributed by atoms with E-state index in [4.69, 9.17) is 0 Å². The number of nitrogens with one attached hydrogen (secondary N) is 2. The van der Waals surface area contributed by atoms with Crippen LogP contribution >= 0.6 is 0 Å². The molecule has 2 aliphatic heterocycles. The lowest BCUT2D eigenvalue weighted by Crippen LogP contribution is -2.48. The van der Waals surface area contributed by atoms with Gasteiger partial charge in [0.25, 0.3) is 0 Å². The number of rotatable bonds is 7. The molecule has 0 amide bonds. The van der Waals surface area contributed by atoms with Gasteiger partial charge in [0.05, 0.1) is 5.75 Å². The number of benzene rings is 1. The summed E-state index contributed by atoms with van der Waals surface area (Å²) in [5.41, 5.74) is 2.98. The van der Waals surface area contributed by atoms with E-state index in [0.29, 0.717) is 31.6 Å². The van der Waals surface area contributed by atoms with Gasteiger partial charge in [-0.05, 0) is 36.8 Å². The molecular formula is C18H29N3O2S. The summed E-state index contributed by atoms with van der Waals surface area (Å²) >= 11 is 0. The van der Waals surface area contributed by atoms with Crippen LogP contribution in [-0.2, 0) is 16.4 Å². The average Bonchev–Trinajstić information content (AvgIpc) is 2.58. The molecule has 134 valence electrons. The fourth-order valence-electron chi connectivity index (χ4n) is 3.97. The molecule has 0 unspecified atom stereocenters. The largest absolute Gasteiger partial charge is 0.313 e. The zero-order chi connectivity index (χ0) is 17.0. The Balaban J connectivity index is 1.50. The number of hydrogen-bond acceptors (Lipinski definition) is 4. The Kier molecular flexibility index (Phi) is 5.92. The van der Waals surface area contributed by atoms with Gasteiger partial charge >= 0.3 is 0 Å². The number of nitrogens with zero attached hydrogens (tertiary/aromatic N) is 1. The van der Waals surface area contributed by atoms with Crippen molar-refractivity contribution in [3.05, 3.63) is 35.4 Å². The Morgan fingerprint density at radius 1 is 1.21 bits per heavy atom. The van der Waals surface area contributed by atoms with Crippen LogP contribution in [0.2, 0.25) is 0 Å². The van der Waals surface area contributed by atoms with Gasteiger partial charge in [-0.25, -0.2) is 13.1 Å². The number of piperidine rings is 1. The highest BCUT2D eigenvalue weighted by Crippen LogP contribution is 2.36. The molecule has 0 aliphatic carbocycles. The summed E-state index contributed by atoms with van der Waals surface area (Å²) in [6.45, 7) is 5.34. The van der Waals surface area contributed by atoms with Crippen LogP contribution in [0.3, 0.4) is 0 Å². The molecule has 1 saturated heterocycles. The maximum atomic E-state index is 11.7. The van der Waals surface area contributed by atoms with E-state index in [1.807, 2.05) is 6.92 Å². The van der Waals surface area contributed by atoms with E-state index in [2.05, 4.69) is 39.2 Å². The maximum absolute atomic E-state index is 11.7. The lowest BCUT2D eigenvalue weighted by atomic mass is 9.85. The van der Waals surface area contributed by atoms with Gasteiger partial charge in [-0.3, -0.25) is 4.90 Å². The van der Waals surface area contributed by atoms with Gasteiger partial charge in [0.15, 0.2) is 0 Å². The van der Waals surface area contributed by atoms with Crippen LogP contribution in [0.1, 0.15) is 43.4 Å². The summed E-state index contributed by atoms with van der Waals surface area (Å²) in [5, 5.41) is 3.55. The van der Waals surface area contributed by atoms with Crippen molar-refractivity contribution in [1.82, 2.24) is 14.9 Å². The smallest absolute Gasteiger partial charge is 0.211 e. The first kappa shape index (κ1) is 17.9. The van der Waals surface area contributed by atoms with Crippen molar-refractivity contribution in [3.63, 3.8) is 0 Å². The van der Waals surface area contributed by atoms with Crippen LogP contribution in [0.4, 0.5) is 0 Å². The van der Waals surface area contributed by atoms with Gasteiger partial charge in [-0.15, -0.1) is 0 Å². The molecule has 2 atom stereocenters. The van der Waals surface area contributed by atoms with Gasteiger partial charge in [0.2, 0.25) is 10.0 Å². The molecule has 5 nitrogen and oxygen atoms in total. The molecule has 24 heavy (non-hydrogen) atoms. The van der Waals surface area contributed by atoms with Crippen LogP contribution < -0.4 is 10.0 Å². The normalized spacial score (nSPS) is 24.4. The van der Waals surface area contributed by atoms with Crippen molar-refractivity contribution >= 4 is 10.0 Å². The maximum Gasteiger partial charge on any atom is 0.211 e. The first-order valence-electron chi connectivity index (χ1n) is 9.11. The highest BCUT2D eigenvalue weighted by Gasteiger charge is 2.32. The molecule has 2 heterocycles. The Labute approximate surface area is 145 Å². The molecule has 2 aliphatic rings. The van der Waals surface area contributed by atoms with E-state index in [9.17, 15) is 8.42 Å². The molecule has 3 rings (SSSR count). The van der Waals surface area contributed by atoms with E-state index >= 15 is 0 Å². The summed E-state index contributed by atoms with van der Waals surface area (Å²) in [5.74, 6) is 0.213. The quantitative estimate of drug-likeness (QED) is 0.734. The minimum atomic E-state index is -3.09. The fourth-order valence-corrected chi connectivity index (χ4v) is 5.06.